The van der Waals surface area contributed by atoms with Gasteiger partial charge in [-0.05, 0) is 32.1 Å². The fourth-order valence-corrected chi connectivity index (χ4v) is 1.73. The van der Waals surface area contributed by atoms with Crippen LogP contribution in [0.1, 0.15) is 45.4 Å². The van der Waals surface area contributed by atoms with Gasteiger partial charge in [-0.25, -0.2) is 0 Å². The van der Waals surface area contributed by atoms with E-state index in [4.69, 9.17) is 4.74 Å². The minimum Gasteiger partial charge on any atom is -0.378 e. The first-order valence-electron chi connectivity index (χ1n) is 5.57. The average molecular weight is 196 g/mol. The highest BCUT2D eigenvalue weighted by Gasteiger charge is 2.26. The summed E-state index contributed by atoms with van der Waals surface area (Å²) in [5.41, 5.74) is -0.714. The van der Waals surface area contributed by atoms with Gasteiger partial charge < -0.3 is 9.84 Å². The minimum atomic E-state index is -0.714. The number of aliphatic hydroxyl groups is 1. The van der Waals surface area contributed by atoms with Gasteiger partial charge in [0.2, 0.25) is 0 Å². The fourth-order valence-electron chi connectivity index (χ4n) is 1.73. The van der Waals surface area contributed by atoms with Crippen molar-refractivity contribution in [3.8, 4) is 11.8 Å². The summed E-state index contributed by atoms with van der Waals surface area (Å²) in [6, 6.07) is 0. The first-order valence-corrected chi connectivity index (χ1v) is 5.57. The third-order valence-corrected chi connectivity index (χ3v) is 2.52. The molecule has 1 rings (SSSR count). The standard InChI is InChI=1S/C12H20O2/c1-2-10-14-11-6-9-12(13)7-4-3-5-8-12/h13H,2-5,7-8,10-11H2,1H3. The van der Waals surface area contributed by atoms with Crippen LogP contribution in [0, 0.1) is 11.8 Å². The number of hydrogen-bond acceptors (Lipinski definition) is 2. The predicted molar refractivity (Wildman–Crippen MR) is 56.9 cm³/mol. The Hall–Kier alpha value is -0.520. The van der Waals surface area contributed by atoms with E-state index in [1.165, 1.54) is 6.42 Å². The molecule has 0 amide bonds. The highest BCUT2D eigenvalue weighted by molar-refractivity contribution is 5.14. The van der Waals surface area contributed by atoms with Crippen LogP contribution in [0.2, 0.25) is 0 Å². The van der Waals surface area contributed by atoms with Gasteiger partial charge in [0.1, 0.15) is 12.2 Å². The lowest BCUT2D eigenvalue weighted by molar-refractivity contribution is 0.0605. The molecule has 0 bridgehead atoms. The quantitative estimate of drug-likeness (QED) is 0.553. The van der Waals surface area contributed by atoms with Gasteiger partial charge in [0, 0.05) is 6.61 Å². The normalized spacial score (nSPS) is 19.9. The molecular weight excluding hydrogens is 176 g/mol. The second-order valence-electron chi connectivity index (χ2n) is 3.95. The fraction of sp³-hybridized carbons (Fsp3) is 0.833. The lowest BCUT2D eigenvalue weighted by Crippen LogP contribution is -2.29. The molecule has 0 unspecified atom stereocenters. The summed E-state index contributed by atoms with van der Waals surface area (Å²) >= 11 is 0. The average Bonchev–Trinajstić information content (AvgIpc) is 2.18. The van der Waals surface area contributed by atoms with Crippen molar-refractivity contribution in [1.29, 1.82) is 0 Å². The molecule has 80 valence electrons. The highest BCUT2D eigenvalue weighted by atomic mass is 16.5. The van der Waals surface area contributed by atoms with Gasteiger partial charge in [-0.1, -0.05) is 25.2 Å². The largest absolute Gasteiger partial charge is 0.378 e. The molecule has 1 N–H and O–H groups in total. The molecule has 0 aromatic carbocycles. The molecule has 1 saturated carbocycles. The molecule has 0 aromatic heterocycles. The Bertz CT molecular complexity index is 206. The van der Waals surface area contributed by atoms with Gasteiger partial charge in [0.15, 0.2) is 0 Å². The molecule has 0 aliphatic heterocycles. The van der Waals surface area contributed by atoms with E-state index in [1.807, 2.05) is 0 Å². The maximum Gasteiger partial charge on any atom is 0.125 e. The van der Waals surface area contributed by atoms with Crippen LogP contribution in [0.15, 0.2) is 0 Å². The smallest absolute Gasteiger partial charge is 0.125 e. The van der Waals surface area contributed by atoms with Gasteiger partial charge >= 0.3 is 0 Å². The van der Waals surface area contributed by atoms with E-state index >= 15 is 0 Å². The molecule has 0 atom stereocenters. The summed E-state index contributed by atoms with van der Waals surface area (Å²) in [4.78, 5) is 0. The van der Waals surface area contributed by atoms with Crippen molar-refractivity contribution in [3.05, 3.63) is 0 Å². The van der Waals surface area contributed by atoms with Crippen molar-refractivity contribution in [2.45, 2.75) is 51.0 Å². The predicted octanol–water partition coefficient (Wildman–Crippen LogP) is 2.11. The summed E-state index contributed by atoms with van der Waals surface area (Å²) in [6.45, 7) is 3.28. The van der Waals surface area contributed by atoms with Crippen LogP contribution >= 0.6 is 0 Å². The van der Waals surface area contributed by atoms with Crippen LogP contribution in [0.5, 0.6) is 0 Å². The van der Waals surface area contributed by atoms with Crippen molar-refractivity contribution in [2.24, 2.45) is 0 Å². The van der Waals surface area contributed by atoms with Crippen LogP contribution in [0.25, 0.3) is 0 Å². The SMILES string of the molecule is CCCOCC#CC1(O)CCCCC1. The molecular formula is C12H20O2. The van der Waals surface area contributed by atoms with Crippen LogP contribution < -0.4 is 0 Å². The van der Waals surface area contributed by atoms with Crippen LogP contribution in [-0.4, -0.2) is 23.9 Å². The molecule has 1 aliphatic carbocycles. The second kappa shape index (κ2) is 6.06. The highest BCUT2D eigenvalue weighted by Crippen LogP contribution is 2.26. The summed E-state index contributed by atoms with van der Waals surface area (Å²) in [7, 11) is 0. The summed E-state index contributed by atoms with van der Waals surface area (Å²) < 4.78 is 5.23. The molecule has 1 fully saturated rings. The van der Waals surface area contributed by atoms with Crippen LogP contribution in [0.3, 0.4) is 0 Å². The van der Waals surface area contributed by atoms with Gasteiger partial charge in [0.05, 0.1) is 0 Å². The van der Waals surface area contributed by atoms with E-state index in [2.05, 4.69) is 18.8 Å². The van der Waals surface area contributed by atoms with Crippen molar-refractivity contribution < 1.29 is 9.84 Å². The molecule has 0 heterocycles. The first-order chi connectivity index (χ1) is 6.77. The van der Waals surface area contributed by atoms with Gasteiger partial charge in [-0.15, -0.1) is 0 Å². The maximum absolute atomic E-state index is 10.00. The Morgan fingerprint density at radius 2 is 2.00 bits per heavy atom. The Morgan fingerprint density at radius 3 is 2.64 bits per heavy atom. The maximum atomic E-state index is 10.00. The first kappa shape index (κ1) is 11.6. The van der Waals surface area contributed by atoms with Gasteiger partial charge in [0.25, 0.3) is 0 Å². The molecule has 0 spiro atoms. The van der Waals surface area contributed by atoms with E-state index < -0.39 is 5.60 Å². The summed E-state index contributed by atoms with van der Waals surface area (Å²) in [6.07, 6.45) is 6.10. The van der Waals surface area contributed by atoms with E-state index in [0.29, 0.717) is 6.61 Å². The van der Waals surface area contributed by atoms with Gasteiger partial charge in [-0.2, -0.15) is 0 Å². The molecule has 2 nitrogen and oxygen atoms in total. The van der Waals surface area contributed by atoms with Crippen molar-refractivity contribution in [1.82, 2.24) is 0 Å². The third kappa shape index (κ3) is 4.13. The van der Waals surface area contributed by atoms with Crippen LogP contribution in [0.4, 0.5) is 0 Å². The molecule has 0 radical (unpaired) electrons. The van der Waals surface area contributed by atoms with E-state index in [-0.39, 0.29) is 0 Å². The number of ether oxygens (including phenoxy) is 1. The lowest BCUT2D eigenvalue weighted by atomic mass is 9.85. The van der Waals surface area contributed by atoms with E-state index in [9.17, 15) is 5.11 Å². The zero-order valence-electron chi connectivity index (χ0n) is 9.01. The Morgan fingerprint density at radius 1 is 1.29 bits per heavy atom. The number of hydrogen-bond donors (Lipinski definition) is 1. The lowest BCUT2D eigenvalue weighted by Gasteiger charge is -2.26. The van der Waals surface area contributed by atoms with Crippen molar-refractivity contribution in [3.63, 3.8) is 0 Å². The Labute approximate surface area is 86.7 Å². The molecule has 2 heteroatoms. The topological polar surface area (TPSA) is 29.5 Å². The minimum absolute atomic E-state index is 0.455. The van der Waals surface area contributed by atoms with E-state index in [0.717, 1.165) is 38.7 Å². The zero-order chi connectivity index (χ0) is 10.3. The molecule has 14 heavy (non-hydrogen) atoms. The summed E-state index contributed by atoms with van der Waals surface area (Å²) in [5, 5.41) is 10.00. The molecule has 0 aromatic rings. The third-order valence-electron chi connectivity index (χ3n) is 2.52. The van der Waals surface area contributed by atoms with Crippen molar-refractivity contribution >= 4 is 0 Å². The molecule has 0 saturated heterocycles. The Kier molecular flexibility index (Phi) is 5.00. The number of rotatable bonds is 3. The van der Waals surface area contributed by atoms with Crippen LogP contribution in [-0.2, 0) is 4.74 Å². The molecule has 1 aliphatic rings. The summed E-state index contributed by atoms with van der Waals surface area (Å²) in [5.74, 6) is 5.85. The van der Waals surface area contributed by atoms with Crippen molar-refractivity contribution in [2.75, 3.05) is 13.2 Å². The Balaban J connectivity index is 2.25. The monoisotopic (exact) mass is 196 g/mol. The second-order valence-corrected chi connectivity index (χ2v) is 3.95. The van der Waals surface area contributed by atoms with E-state index in [1.54, 1.807) is 0 Å². The zero-order valence-corrected chi connectivity index (χ0v) is 9.01. The van der Waals surface area contributed by atoms with Gasteiger partial charge in [-0.3, -0.25) is 0 Å².